The number of carboxylic acids is 1. The topological polar surface area (TPSA) is 69.6 Å². The van der Waals surface area contributed by atoms with Gasteiger partial charge in [0.05, 0.1) is 5.56 Å². The summed E-state index contributed by atoms with van der Waals surface area (Å²) in [5, 5.41) is 11.1. The van der Waals surface area contributed by atoms with Gasteiger partial charge in [0.2, 0.25) is 0 Å². The zero-order chi connectivity index (χ0) is 15.8. The molecule has 0 heterocycles. The molecule has 0 aliphatic heterocycles. The lowest BCUT2D eigenvalue weighted by Crippen LogP contribution is -2.27. The lowest BCUT2D eigenvalue weighted by molar-refractivity contribution is -0.131. The number of carbonyl (C=O) groups excluding carboxylic acids is 1. The summed E-state index contributed by atoms with van der Waals surface area (Å²) < 4.78 is 13.8. The lowest BCUT2D eigenvalue weighted by Gasteiger charge is -2.10. The molecular weight excluding hydrogens is 275 g/mol. The van der Waals surface area contributed by atoms with Gasteiger partial charge in [0, 0.05) is 12.6 Å². The van der Waals surface area contributed by atoms with Gasteiger partial charge in [-0.15, -0.1) is 0 Å². The van der Waals surface area contributed by atoms with E-state index < -0.39 is 17.7 Å². The number of aliphatic carboxylic acids is 1. The highest BCUT2D eigenvalue weighted by Gasteiger charge is 2.11. The Morgan fingerprint density at radius 2 is 2.10 bits per heavy atom. The van der Waals surface area contributed by atoms with Crippen molar-refractivity contribution in [1.29, 1.82) is 0 Å². The van der Waals surface area contributed by atoms with Crippen LogP contribution in [0.25, 0.3) is 6.08 Å². The second-order valence-electron chi connectivity index (χ2n) is 4.82. The molecule has 6 heteroatoms. The number of hydrogen-bond donors (Lipinski definition) is 2. The van der Waals surface area contributed by atoms with E-state index in [9.17, 15) is 14.0 Å². The maximum Gasteiger partial charge on any atom is 0.328 e. The van der Waals surface area contributed by atoms with E-state index in [-0.39, 0.29) is 5.56 Å². The summed E-state index contributed by atoms with van der Waals surface area (Å²) >= 11 is 0. The van der Waals surface area contributed by atoms with Gasteiger partial charge in [0.1, 0.15) is 5.82 Å². The molecule has 0 fully saturated rings. The Morgan fingerprint density at radius 3 is 2.67 bits per heavy atom. The average molecular weight is 294 g/mol. The highest BCUT2D eigenvalue weighted by atomic mass is 19.1. The minimum absolute atomic E-state index is 0.0488. The van der Waals surface area contributed by atoms with Gasteiger partial charge >= 0.3 is 5.97 Å². The van der Waals surface area contributed by atoms with Gasteiger partial charge in [-0.25, -0.2) is 9.18 Å². The van der Waals surface area contributed by atoms with Crippen molar-refractivity contribution < 1.29 is 19.1 Å². The van der Waals surface area contributed by atoms with Gasteiger partial charge in [0.15, 0.2) is 0 Å². The largest absolute Gasteiger partial charge is 0.478 e. The first-order valence-corrected chi connectivity index (χ1v) is 6.53. The highest BCUT2D eigenvalue weighted by Crippen LogP contribution is 2.12. The van der Waals surface area contributed by atoms with E-state index in [0.717, 1.165) is 25.1 Å². The van der Waals surface area contributed by atoms with Crippen molar-refractivity contribution in [3.8, 4) is 0 Å². The van der Waals surface area contributed by atoms with Crippen molar-refractivity contribution in [3.05, 3.63) is 41.2 Å². The van der Waals surface area contributed by atoms with Crippen molar-refractivity contribution >= 4 is 18.0 Å². The standard InChI is InChI=1S/C15H19FN2O3/c1-18(2)9-3-8-17-15(21)12-6-4-11(10-13(12)16)5-7-14(19)20/h4-7,10H,3,8-9H2,1-2H3,(H,17,21)(H,19,20). The van der Waals surface area contributed by atoms with Crippen LogP contribution in [0, 0.1) is 5.82 Å². The molecule has 114 valence electrons. The molecule has 1 aromatic carbocycles. The normalized spacial score (nSPS) is 11.0. The summed E-state index contributed by atoms with van der Waals surface area (Å²) in [5.74, 6) is -2.26. The Hall–Kier alpha value is -2.21. The van der Waals surface area contributed by atoms with E-state index >= 15 is 0 Å². The fraction of sp³-hybridized carbons (Fsp3) is 0.333. The molecule has 0 radical (unpaired) electrons. The second kappa shape index (κ2) is 8.16. The van der Waals surface area contributed by atoms with E-state index in [1.54, 1.807) is 0 Å². The molecule has 1 aromatic rings. The number of carboxylic acid groups (broad SMARTS) is 1. The number of benzene rings is 1. The first-order valence-electron chi connectivity index (χ1n) is 6.53. The van der Waals surface area contributed by atoms with Crippen molar-refractivity contribution in [3.63, 3.8) is 0 Å². The van der Waals surface area contributed by atoms with Crippen LogP contribution in [0.4, 0.5) is 4.39 Å². The van der Waals surface area contributed by atoms with Gasteiger partial charge in [-0.05, 0) is 50.8 Å². The first kappa shape index (κ1) is 16.8. The summed E-state index contributed by atoms with van der Waals surface area (Å²) in [4.78, 5) is 24.2. The highest BCUT2D eigenvalue weighted by molar-refractivity contribution is 5.94. The maximum absolute atomic E-state index is 13.8. The molecule has 2 N–H and O–H groups in total. The molecule has 0 spiro atoms. The Bertz CT molecular complexity index is 542. The van der Waals surface area contributed by atoms with Crippen molar-refractivity contribution in [1.82, 2.24) is 10.2 Å². The fourth-order valence-electron chi connectivity index (χ4n) is 1.68. The van der Waals surface area contributed by atoms with Crippen LogP contribution in [0.5, 0.6) is 0 Å². The molecule has 21 heavy (non-hydrogen) atoms. The van der Waals surface area contributed by atoms with Gasteiger partial charge < -0.3 is 15.3 Å². The van der Waals surface area contributed by atoms with Crippen LogP contribution in [0.2, 0.25) is 0 Å². The van der Waals surface area contributed by atoms with Crippen molar-refractivity contribution in [2.24, 2.45) is 0 Å². The number of hydrogen-bond acceptors (Lipinski definition) is 3. The van der Waals surface area contributed by atoms with Crippen LogP contribution in [0.3, 0.4) is 0 Å². The van der Waals surface area contributed by atoms with Crippen LogP contribution in [0.15, 0.2) is 24.3 Å². The molecule has 0 bridgehead atoms. The predicted molar refractivity (Wildman–Crippen MR) is 78.6 cm³/mol. The first-order chi connectivity index (χ1) is 9.90. The molecule has 0 saturated carbocycles. The number of halogens is 1. The van der Waals surface area contributed by atoms with Gasteiger partial charge in [0.25, 0.3) is 5.91 Å². The van der Waals surface area contributed by atoms with Crippen LogP contribution >= 0.6 is 0 Å². The Balaban J connectivity index is 2.62. The van der Waals surface area contributed by atoms with Crippen molar-refractivity contribution in [2.45, 2.75) is 6.42 Å². The number of nitrogens with one attached hydrogen (secondary N) is 1. The molecule has 0 aliphatic rings. The summed E-state index contributed by atoms with van der Waals surface area (Å²) in [7, 11) is 3.87. The molecule has 5 nitrogen and oxygen atoms in total. The molecule has 1 amide bonds. The zero-order valence-electron chi connectivity index (χ0n) is 12.1. The monoisotopic (exact) mass is 294 g/mol. The van der Waals surface area contributed by atoms with Crippen LogP contribution in [-0.4, -0.2) is 49.1 Å². The minimum Gasteiger partial charge on any atom is -0.478 e. The molecule has 1 rings (SSSR count). The van der Waals surface area contributed by atoms with E-state index in [4.69, 9.17) is 5.11 Å². The number of rotatable bonds is 7. The van der Waals surface area contributed by atoms with Gasteiger partial charge in [-0.1, -0.05) is 6.07 Å². The number of nitrogens with zero attached hydrogens (tertiary/aromatic N) is 1. The SMILES string of the molecule is CN(C)CCCNC(=O)c1ccc(C=CC(=O)O)cc1F. The quantitative estimate of drug-likeness (QED) is 0.592. The zero-order valence-corrected chi connectivity index (χ0v) is 12.1. The predicted octanol–water partition coefficient (Wildman–Crippen LogP) is 1.61. The van der Waals surface area contributed by atoms with Crippen LogP contribution < -0.4 is 5.32 Å². The third-order valence-electron chi connectivity index (χ3n) is 2.72. The summed E-state index contributed by atoms with van der Waals surface area (Å²) in [6, 6.07) is 3.98. The van der Waals surface area contributed by atoms with E-state index in [0.29, 0.717) is 12.1 Å². The van der Waals surface area contributed by atoms with E-state index in [1.807, 2.05) is 19.0 Å². The summed E-state index contributed by atoms with van der Waals surface area (Å²) in [6.45, 7) is 1.30. The molecule has 0 aliphatic carbocycles. The molecule has 0 atom stereocenters. The number of amides is 1. The van der Waals surface area contributed by atoms with Crippen LogP contribution in [-0.2, 0) is 4.79 Å². The van der Waals surface area contributed by atoms with Gasteiger partial charge in [-0.3, -0.25) is 4.79 Å². The smallest absolute Gasteiger partial charge is 0.328 e. The maximum atomic E-state index is 13.8. The molecule has 0 aromatic heterocycles. The second-order valence-corrected chi connectivity index (χ2v) is 4.82. The fourth-order valence-corrected chi connectivity index (χ4v) is 1.68. The average Bonchev–Trinajstić information content (AvgIpc) is 2.41. The van der Waals surface area contributed by atoms with E-state index in [2.05, 4.69) is 5.32 Å². The van der Waals surface area contributed by atoms with Crippen molar-refractivity contribution in [2.75, 3.05) is 27.2 Å². The summed E-state index contributed by atoms with van der Waals surface area (Å²) in [6.07, 6.45) is 2.96. The lowest BCUT2D eigenvalue weighted by atomic mass is 10.1. The molecule has 0 unspecified atom stereocenters. The molecular formula is C15H19FN2O3. The Labute approximate surface area is 123 Å². The minimum atomic E-state index is -1.11. The summed E-state index contributed by atoms with van der Waals surface area (Å²) in [5.41, 5.74) is 0.339. The van der Waals surface area contributed by atoms with E-state index in [1.165, 1.54) is 18.2 Å². The Kier molecular flexibility index (Phi) is 6.55. The number of carbonyl (C=O) groups is 2. The third-order valence-corrected chi connectivity index (χ3v) is 2.72. The van der Waals surface area contributed by atoms with Crippen LogP contribution in [0.1, 0.15) is 22.3 Å². The Morgan fingerprint density at radius 1 is 1.38 bits per heavy atom. The van der Waals surface area contributed by atoms with Gasteiger partial charge in [-0.2, -0.15) is 0 Å². The third kappa shape index (κ3) is 6.18. The molecule has 0 saturated heterocycles.